The normalized spacial score (nSPS) is 14.9. The van der Waals surface area contributed by atoms with Gasteiger partial charge in [0.2, 0.25) is 5.91 Å². The lowest BCUT2D eigenvalue weighted by atomic mass is 9.89. The smallest absolute Gasteiger partial charge is 0.223 e. The summed E-state index contributed by atoms with van der Waals surface area (Å²) in [5.41, 5.74) is 0.421. The van der Waals surface area contributed by atoms with Gasteiger partial charge in [0.1, 0.15) is 34.0 Å². The molecular formula is C26H23NO7. The second-order valence-electron chi connectivity index (χ2n) is 8.14. The molecule has 2 aromatic carbocycles. The van der Waals surface area contributed by atoms with Crippen LogP contribution >= 0.6 is 0 Å². The molecule has 1 fully saturated rings. The van der Waals surface area contributed by atoms with Gasteiger partial charge in [0, 0.05) is 42.8 Å². The third-order valence-electron chi connectivity index (χ3n) is 6.03. The Kier molecular flexibility index (Phi) is 5.81. The van der Waals surface area contributed by atoms with Crippen molar-refractivity contribution >= 4 is 16.9 Å². The molecule has 34 heavy (non-hydrogen) atoms. The lowest BCUT2D eigenvalue weighted by Gasteiger charge is -2.28. The number of carbonyl (C=O) groups is 1. The fraction of sp³-hybridized carbons (Fsp3) is 0.231. The van der Waals surface area contributed by atoms with Crippen LogP contribution in [0, 0.1) is 0 Å². The van der Waals surface area contributed by atoms with E-state index in [1.165, 1.54) is 12.3 Å². The van der Waals surface area contributed by atoms with Crippen LogP contribution in [0.2, 0.25) is 0 Å². The number of amides is 1. The predicted molar refractivity (Wildman–Crippen MR) is 124 cm³/mol. The number of phenols is 2. The molecule has 0 saturated carbocycles. The summed E-state index contributed by atoms with van der Waals surface area (Å²) in [5.74, 6) is -0.884. The summed E-state index contributed by atoms with van der Waals surface area (Å²) in [7, 11) is 0. The standard InChI is InChI=1S/C26H23NO7/c28-18-14-19(29)25-20(30)15-22(16-5-2-1-3-6-16)34-26(25)24(18)17(21-7-4-10-33-21)13-23(31)27-8-11-32-12-9-27/h1-7,10,14-15,17,28-29H,8-9,11-13H2/t17-/m0/s1. The lowest BCUT2D eigenvalue weighted by Crippen LogP contribution is -2.41. The molecular weight excluding hydrogens is 438 g/mol. The maximum Gasteiger partial charge on any atom is 0.223 e. The average Bonchev–Trinajstić information content (AvgIpc) is 3.38. The Balaban J connectivity index is 1.69. The van der Waals surface area contributed by atoms with Crippen LogP contribution in [0.5, 0.6) is 11.5 Å². The molecule has 1 amide bonds. The third kappa shape index (κ3) is 4.04. The highest BCUT2D eigenvalue weighted by atomic mass is 16.5. The van der Waals surface area contributed by atoms with E-state index in [2.05, 4.69) is 0 Å². The predicted octanol–water partition coefficient (Wildman–Crippen LogP) is 3.85. The number of benzene rings is 2. The van der Waals surface area contributed by atoms with E-state index in [0.717, 1.165) is 6.07 Å². The van der Waals surface area contributed by atoms with Gasteiger partial charge in [-0.2, -0.15) is 0 Å². The minimum atomic E-state index is -0.748. The number of phenolic OH excluding ortho intramolecular Hbond substituents is 2. The Hall–Kier alpha value is -4.04. The first-order valence-corrected chi connectivity index (χ1v) is 11.0. The summed E-state index contributed by atoms with van der Waals surface area (Å²) in [6, 6.07) is 14.8. The summed E-state index contributed by atoms with van der Waals surface area (Å²) < 4.78 is 17.1. The molecule has 5 rings (SSSR count). The zero-order chi connectivity index (χ0) is 23.7. The van der Waals surface area contributed by atoms with Crippen LogP contribution in [-0.2, 0) is 9.53 Å². The zero-order valence-corrected chi connectivity index (χ0v) is 18.3. The van der Waals surface area contributed by atoms with Crippen LogP contribution < -0.4 is 5.43 Å². The van der Waals surface area contributed by atoms with Crippen molar-refractivity contribution in [3.05, 3.63) is 82.4 Å². The largest absolute Gasteiger partial charge is 0.507 e. The van der Waals surface area contributed by atoms with Gasteiger partial charge in [-0.15, -0.1) is 0 Å². The Labute approximate surface area is 194 Å². The number of hydrogen-bond donors (Lipinski definition) is 2. The van der Waals surface area contributed by atoms with Crippen molar-refractivity contribution in [2.75, 3.05) is 26.3 Å². The van der Waals surface area contributed by atoms with Crippen molar-refractivity contribution < 1.29 is 28.6 Å². The van der Waals surface area contributed by atoms with E-state index in [4.69, 9.17) is 13.6 Å². The molecule has 1 aliphatic rings. The number of fused-ring (bicyclic) bond motifs is 1. The number of carbonyl (C=O) groups excluding carboxylic acids is 1. The van der Waals surface area contributed by atoms with Crippen LogP contribution in [-0.4, -0.2) is 47.3 Å². The van der Waals surface area contributed by atoms with Crippen LogP contribution in [0.15, 0.2) is 74.5 Å². The number of nitrogens with zero attached hydrogens (tertiary/aromatic N) is 1. The fourth-order valence-electron chi connectivity index (χ4n) is 4.35. The summed E-state index contributed by atoms with van der Waals surface area (Å²) in [6.07, 6.45) is 1.45. The van der Waals surface area contributed by atoms with Crippen LogP contribution in [0.25, 0.3) is 22.3 Å². The molecule has 0 radical (unpaired) electrons. The van der Waals surface area contributed by atoms with E-state index in [-0.39, 0.29) is 40.4 Å². The number of furan rings is 1. The van der Waals surface area contributed by atoms with Gasteiger partial charge >= 0.3 is 0 Å². The molecule has 0 bridgehead atoms. The van der Waals surface area contributed by atoms with Crippen LogP contribution in [0.1, 0.15) is 23.7 Å². The van der Waals surface area contributed by atoms with Gasteiger partial charge in [0.05, 0.1) is 25.4 Å². The molecule has 3 heterocycles. The highest BCUT2D eigenvalue weighted by molar-refractivity contribution is 5.91. The Morgan fingerprint density at radius 2 is 1.76 bits per heavy atom. The highest BCUT2D eigenvalue weighted by Gasteiger charge is 2.31. The molecule has 0 aliphatic carbocycles. The Bertz CT molecular complexity index is 1370. The molecule has 8 heteroatoms. The van der Waals surface area contributed by atoms with Gasteiger partial charge in [-0.1, -0.05) is 30.3 Å². The Morgan fingerprint density at radius 1 is 1.00 bits per heavy atom. The van der Waals surface area contributed by atoms with E-state index >= 15 is 0 Å². The van der Waals surface area contributed by atoms with E-state index in [1.807, 2.05) is 18.2 Å². The second kappa shape index (κ2) is 9.07. The van der Waals surface area contributed by atoms with Gasteiger partial charge in [-0.05, 0) is 12.1 Å². The summed E-state index contributed by atoms with van der Waals surface area (Å²) in [5, 5.41) is 21.3. The number of ether oxygens (including phenoxy) is 1. The maximum absolute atomic E-state index is 13.2. The summed E-state index contributed by atoms with van der Waals surface area (Å²) in [6.45, 7) is 1.86. The van der Waals surface area contributed by atoms with Crippen molar-refractivity contribution in [2.24, 2.45) is 0 Å². The van der Waals surface area contributed by atoms with Gasteiger partial charge in [0.15, 0.2) is 5.43 Å². The molecule has 1 saturated heterocycles. The minimum absolute atomic E-state index is 0.0139. The average molecular weight is 461 g/mol. The molecule has 1 atom stereocenters. The molecule has 0 unspecified atom stereocenters. The van der Waals surface area contributed by atoms with E-state index in [1.54, 1.807) is 29.2 Å². The maximum atomic E-state index is 13.2. The quantitative estimate of drug-likeness (QED) is 0.464. The fourth-order valence-corrected chi connectivity index (χ4v) is 4.35. The zero-order valence-electron chi connectivity index (χ0n) is 18.3. The molecule has 8 nitrogen and oxygen atoms in total. The molecule has 4 aromatic rings. The topological polar surface area (TPSA) is 113 Å². The number of aromatic hydroxyl groups is 2. The van der Waals surface area contributed by atoms with Crippen LogP contribution in [0.4, 0.5) is 0 Å². The summed E-state index contributed by atoms with van der Waals surface area (Å²) in [4.78, 5) is 27.9. The minimum Gasteiger partial charge on any atom is -0.507 e. The highest BCUT2D eigenvalue weighted by Crippen LogP contribution is 2.43. The van der Waals surface area contributed by atoms with Gasteiger partial charge in [-0.3, -0.25) is 9.59 Å². The first kappa shape index (κ1) is 21.8. The van der Waals surface area contributed by atoms with Gasteiger partial charge in [0.25, 0.3) is 0 Å². The van der Waals surface area contributed by atoms with E-state index in [9.17, 15) is 19.8 Å². The molecule has 174 valence electrons. The van der Waals surface area contributed by atoms with Gasteiger partial charge < -0.3 is 28.7 Å². The number of hydrogen-bond acceptors (Lipinski definition) is 7. The van der Waals surface area contributed by atoms with Crippen molar-refractivity contribution in [1.82, 2.24) is 4.90 Å². The molecule has 0 spiro atoms. The van der Waals surface area contributed by atoms with Crippen molar-refractivity contribution in [3.8, 4) is 22.8 Å². The van der Waals surface area contributed by atoms with Crippen LogP contribution in [0.3, 0.4) is 0 Å². The molecule has 2 aromatic heterocycles. The van der Waals surface area contributed by atoms with Gasteiger partial charge in [-0.25, -0.2) is 0 Å². The van der Waals surface area contributed by atoms with Crippen molar-refractivity contribution in [3.63, 3.8) is 0 Å². The second-order valence-corrected chi connectivity index (χ2v) is 8.14. The van der Waals surface area contributed by atoms with E-state index < -0.39 is 17.1 Å². The SMILES string of the molecule is O=C(C[C@@H](c1ccco1)c1c(O)cc(O)c2c(=O)cc(-c3ccccc3)oc12)N1CCOCC1. The monoisotopic (exact) mass is 461 g/mol. The van der Waals surface area contributed by atoms with Crippen molar-refractivity contribution in [2.45, 2.75) is 12.3 Å². The first-order chi connectivity index (χ1) is 16.5. The summed E-state index contributed by atoms with van der Waals surface area (Å²) >= 11 is 0. The van der Waals surface area contributed by atoms with Crippen molar-refractivity contribution in [1.29, 1.82) is 0 Å². The lowest BCUT2D eigenvalue weighted by molar-refractivity contribution is -0.135. The van der Waals surface area contributed by atoms with E-state index in [0.29, 0.717) is 37.6 Å². The number of morpholine rings is 1. The Morgan fingerprint density at radius 3 is 2.47 bits per heavy atom. The molecule has 2 N–H and O–H groups in total. The third-order valence-corrected chi connectivity index (χ3v) is 6.03. The molecule has 1 aliphatic heterocycles. The number of rotatable bonds is 5. The first-order valence-electron chi connectivity index (χ1n) is 11.0.